The molecule has 75 heavy (non-hydrogen) atoms. The number of aliphatic hydroxyl groups excluding tert-OH is 6. The van der Waals surface area contributed by atoms with Gasteiger partial charge in [-0.15, -0.1) is 0 Å². The number of anilines is 1. The molecule has 404 valence electrons. The molecule has 2 bridgehead atoms. The number of nitrogens with two attached hydrogens (primary N) is 2. The van der Waals surface area contributed by atoms with E-state index in [1.807, 2.05) is 35.2 Å². The van der Waals surface area contributed by atoms with E-state index < -0.39 is 104 Å². The average molecular weight is 1040 g/mol. The molecule has 3 saturated heterocycles. The van der Waals surface area contributed by atoms with Gasteiger partial charge in [0.25, 0.3) is 0 Å². The highest BCUT2D eigenvalue weighted by Gasteiger charge is 2.50. The number of aldehydes is 1. The van der Waals surface area contributed by atoms with E-state index in [4.69, 9.17) is 35.2 Å². The number of carbonyl (C=O) groups is 4. The zero-order valence-corrected chi connectivity index (χ0v) is 41.4. The largest absolute Gasteiger partial charge is 0.486 e. The molecule has 23 heteroatoms. The van der Waals surface area contributed by atoms with Crippen LogP contribution in [0.2, 0.25) is 0 Å². The molecule has 5 heterocycles. The van der Waals surface area contributed by atoms with E-state index in [-0.39, 0.29) is 97.6 Å². The Morgan fingerprint density at radius 2 is 1.80 bits per heavy atom. The Balaban J connectivity index is 1.27. The maximum atomic E-state index is 15.2. The summed E-state index contributed by atoms with van der Waals surface area (Å²) in [6.07, 6.45) is -8.24. The molecule has 1 amide bonds. The van der Waals surface area contributed by atoms with Crippen molar-refractivity contribution in [2.24, 2.45) is 23.3 Å². The molecular formula is C52H66N8O15. The maximum absolute atomic E-state index is 15.2. The van der Waals surface area contributed by atoms with Crippen molar-refractivity contribution in [1.82, 2.24) is 26.6 Å². The molecular weight excluding hydrogens is 977 g/mol. The van der Waals surface area contributed by atoms with Crippen LogP contribution in [0.1, 0.15) is 73.7 Å². The molecule has 15 N–H and O–H groups in total. The number of fused-ring (bicyclic) bond motifs is 6. The quantitative estimate of drug-likeness (QED) is 0.0462. The van der Waals surface area contributed by atoms with E-state index in [2.05, 4.69) is 26.6 Å². The highest BCUT2D eigenvalue weighted by molar-refractivity contribution is 6.29. The number of dihydropyridines is 1. The fourth-order valence-corrected chi connectivity index (χ4v) is 11.0. The number of ether oxygens (including phenoxy) is 5. The molecule has 1 aliphatic carbocycles. The van der Waals surface area contributed by atoms with Gasteiger partial charge in [-0.05, 0) is 66.8 Å². The van der Waals surface area contributed by atoms with Crippen LogP contribution in [-0.2, 0) is 30.4 Å². The molecule has 0 spiro atoms. The Morgan fingerprint density at radius 1 is 0.987 bits per heavy atom. The SMILES string of the molecule is CNCC1=C(N)NCC=C1C(CO)COC1C2Oc3c(cc4c(c3OCC(O)CC=O)C(=O)c3cc(CO)ccc3C4=O)C(c3ccccc3N3CNC4C(=O)NC(N)NC43)C(CCCO)COCC(O2)C(O)C1O. The van der Waals surface area contributed by atoms with Gasteiger partial charge in [0.1, 0.15) is 61.6 Å². The molecule has 5 aliphatic heterocycles. The van der Waals surface area contributed by atoms with Crippen LogP contribution in [0.3, 0.4) is 0 Å². The van der Waals surface area contributed by atoms with Crippen LogP contribution in [0.25, 0.3) is 0 Å². The van der Waals surface area contributed by atoms with Crippen LogP contribution < -0.4 is 52.4 Å². The molecule has 6 aliphatic rings. The minimum absolute atomic E-state index is 0.0410. The fraction of sp³-hybridized carbons (Fsp3) is 0.500. The number of likely N-dealkylation sites (N-methyl/N-ethyl adjacent to an activating group) is 1. The highest BCUT2D eigenvalue weighted by atomic mass is 16.7. The van der Waals surface area contributed by atoms with E-state index in [1.54, 1.807) is 7.05 Å². The van der Waals surface area contributed by atoms with Gasteiger partial charge in [-0.25, -0.2) is 0 Å². The van der Waals surface area contributed by atoms with Crippen molar-refractivity contribution in [1.29, 1.82) is 0 Å². The van der Waals surface area contributed by atoms with Gasteiger partial charge in [-0.1, -0.05) is 30.3 Å². The molecule has 12 atom stereocenters. The van der Waals surface area contributed by atoms with Gasteiger partial charge in [0.05, 0.1) is 51.4 Å². The third-order valence-electron chi connectivity index (χ3n) is 14.7. The second-order valence-electron chi connectivity index (χ2n) is 19.5. The normalized spacial score (nSPS) is 28.3. The number of para-hydroxylation sites is 1. The van der Waals surface area contributed by atoms with E-state index in [9.17, 15) is 40.2 Å². The Bertz CT molecular complexity index is 2690. The van der Waals surface area contributed by atoms with Crippen molar-refractivity contribution < 1.29 is 73.5 Å². The van der Waals surface area contributed by atoms with Gasteiger partial charge in [-0.2, -0.15) is 0 Å². The molecule has 9 rings (SSSR count). The van der Waals surface area contributed by atoms with Crippen LogP contribution in [-0.4, -0.2) is 176 Å². The van der Waals surface area contributed by atoms with Gasteiger partial charge in [0, 0.05) is 71.5 Å². The van der Waals surface area contributed by atoms with Crippen LogP contribution >= 0.6 is 0 Å². The fourth-order valence-electron chi connectivity index (χ4n) is 11.0. The average Bonchev–Trinajstić information content (AvgIpc) is 3.83. The first-order valence-corrected chi connectivity index (χ1v) is 25.2. The molecule has 0 aromatic heterocycles. The number of benzene rings is 3. The number of hydrogen-bond donors (Lipinski definition) is 13. The van der Waals surface area contributed by atoms with Crippen molar-refractivity contribution >= 4 is 29.4 Å². The van der Waals surface area contributed by atoms with Gasteiger partial charge >= 0.3 is 0 Å². The number of ketones is 2. The summed E-state index contributed by atoms with van der Waals surface area (Å²) in [7, 11) is 1.75. The van der Waals surface area contributed by atoms with Crippen molar-refractivity contribution in [3.8, 4) is 11.5 Å². The predicted octanol–water partition coefficient (Wildman–Crippen LogP) is -2.40. The predicted molar refractivity (Wildman–Crippen MR) is 267 cm³/mol. The monoisotopic (exact) mass is 1040 g/mol. The Hall–Kier alpha value is -5.90. The molecule has 3 aromatic rings. The summed E-state index contributed by atoms with van der Waals surface area (Å²) in [6, 6.07) is 12.6. The summed E-state index contributed by atoms with van der Waals surface area (Å²) >= 11 is 0. The lowest BCUT2D eigenvalue weighted by Gasteiger charge is -2.43. The summed E-state index contributed by atoms with van der Waals surface area (Å²) < 4.78 is 33.1. The number of nitrogens with one attached hydrogen (secondary N) is 5. The van der Waals surface area contributed by atoms with Gasteiger partial charge in [0.15, 0.2) is 23.1 Å². The second-order valence-corrected chi connectivity index (χ2v) is 19.5. The minimum Gasteiger partial charge on any atom is -0.486 e. The van der Waals surface area contributed by atoms with Gasteiger partial charge in [0.2, 0.25) is 12.2 Å². The first-order valence-electron chi connectivity index (χ1n) is 25.2. The summed E-state index contributed by atoms with van der Waals surface area (Å²) in [4.78, 5) is 57.2. The third-order valence-corrected chi connectivity index (χ3v) is 14.7. The smallest absolute Gasteiger partial charge is 0.242 e. The van der Waals surface area contributed by atoms with Crippen LogP contribution in [0.5, 0.6) is 11.5 Å². The lowest BCUT2D eigenvalue weighted by Crippen LogP contribution is -2.70. The van der Waals surface area contributed by atoms with Crippen molar-refractivity contribution in [3.63, 3.8) is 0 Å². The number of hydrogen-bond acceptors (Lipinski definition) is 22. The summed E-state index contributed by atoms with van der Waals surface area (Å²) in [5.41, 5.74) is 15.4. The van der Waals surface area contributed by atoms with E-state index in [0.717, 1.165) is 0 Å². The Labute approximate surface area is 432 Å². The lowest BCUT2D eigenvalue weighted by molar-refractivity contribution is -0.291. The van der Waals surface area contributed by atoms with E-state index >= 15 is 9.59 Å². The molecule has 3 aromatic carbocycles. The molecule has 0 radical (unpaired) electrons. The Morgan fingerprint density at radius 3 is 2.56 bits per heavy atom. The standard InChI is InChI=1S/C52H66N8O15/c1-55-17-35-29(10-12-56-48(35)53)27(19-64)21-72-47-44(69)43(68)37-23-71-20-26(5-4-13-61)38(31-6-2-3-7-36(31)60-24-57-40-49(60)58-52(54)59-50(40)70)34-16-33-39(42(67)32-15-25(18-63)8-9-30(32)41(33)66)46(45(34)75-51(47)74-37)73-22-28(65)11-14-62/h2-3,6-10,14-16,26-28,37-38,40,43-44,47,49,51-52,55-58,61,63-65,68-69H,4-5,11-13,17-24,53-54H2,1H3,(H,59,70). The molecule has 3 fully saturated rings. The van der Waals surface area contributed by atoms with Crippen LogP contribution in [0.15, 0.2) is 71.6 Å². The van der Waals surface area contributed by atoms with Gasteiger partial charge in [-0.3, -0.25) is 30.8 Å². The first-order chi connectivity index (χ1) is 36.3. The zero-order valence-electron chi connectivity index (χ0n) is 41.4. The number of aliphatic hydroxyl groups is 6. The number of carbonyl (C=O) groups excluding carboxylic acids is 4. The van der Waals surface area contributed by atoms with Crippen molar-refractivity contribution in [3.05, 3.63) is 111 Å². The van der Waals surface area contributed by atoms with E-state index in [0.29, 0.717) is 53.2 Å². The maximum Gasteiger partial charge on any atom is 0.242 e. The van der Waals surface area contributed by atoms with Crippen LogP contribution in [0.4, 0.5) is 5.69 Å². The van der Waals surface area contributed by atoms with Crippen LogP contribution in [0, 0.1) is 11.8 Å². The number of rotatable bonds is 18. The zero-order chi connectivity index (χ0) is 53.1. The molecule has 23 nitrogen and oxygen atoms in total. The summed E-state index contributed by atoms with van der Waals surface area (Å²) in [6.45, 7) is -1.40. The third kappa shape index (κ3) is 10.7. The molecule has 0 saturated carbocycles. The second kappa shape index (κ2) is 23.6. The summed E-state index contributed by atoms with van der Waals surface area (Å²) in [5, 5.41) is 81.8. The minimum atomic E-state index is -1.73. The highest BCUT2D eigenvalue weighted by Crippen LogP contribution is 2.52. The van der Waals surface area contributed by atoms with Crippen molar-refractivity contribution in [2.45, 2.75) is 87.1 Å². The number of amides is 1. The number of nitrogens with zero attached hydrogens (tertiary/aromatic N) is 1. The first kappa shape index (κ1) is 53.9. The van der Waals surface area contributed by atoms with Gasteiger partial charge < -0.3 is 85.7 Å². The van der Waals surface area contributed by atoms with Crippen molar-refractivity contribution in [2.75, 3.05) is 71.3 Å². The topological polar surface area (TPSA) is 351 Å². The summed E-state index contributed by atoms with van der Waals surface area (Å²) in [5.74, 6) is -3.99. The Kier molecular flexibility index (Phi) is 16.9. The lowest BCUT2D eigenvalue weighted by atomic mass is 9.74. The molecule has 12 unspecified atom stereocenters. The van der Waals surface area contributed by atoms with E-state index in [1.165, 1.54) is 24.3 Å².